The molecule has 1 fully saturated rings. The third-order valence-corrected chi connectivity index (χ3v) is 7.52. The summed E-state index contributed by atoms with van der Waals surface area (Å²) in [6, 6.07) is 6.18. The number of aromatic nitrogens is 2. The maximum absolute atomic E-state index is 12.8. The van der Waals surface area contributed by atoms with E-state index in [2.05, 4.69) is 22.4 Å². The highest BCUT2D eigenvalue weighted by Gasteiger charge is 2.26. The third-order valence-electron chi connectivity index (χ3n) is 4.73. The van der Waals surface area contributed by atoms with Gasteiger partial charge in [-0.05, 0) is 37.5 Å². The summed E-state index contributed by atoms with van der Waals surface area (Å²) in [5.41, 5.74) is 0.292. The second kappa shape index (κ2) is 9.58. The average molecular weight is 423 g/mol. The van der Waals surface area contributed by atoms with Crippen LogP contribution < -0.4 is 5.32 Å². The minimum atomic E-state index is -3.57. The lowest BCUT2D eigenvalue weighted by Gasteiger charge is -2.26. The Bertz CT molecular complexity index is 905. The molecule has 9 heteroatoms. The number of carbonyl (C=O) groups excluding carboxylic acids is 1. The van der Waals surface area contributed by atoms with Crippen LogP contribution in [0.25, 0.3) is 0 Å². The summed E-state index contributed by atoms with van der Waals surface area (Å²) in [5.74, 6) is -0.382. The first-order valence-electron chi connectivity index (χ1n) is 9.74. The van der Waals surface area contributed by atoms with Crippen molar-refractivity contribution in [1.29, 1.82) is 0 Å². The summed E-state index contributed by atoms with van der Waals surface area (Å²) in [6.07, 6.45) is 6.98. The van der Waals surface area contributed by atoms with Gasteiger partial charge in [0.25, 0.3) is 5.91 Å². The van der Waals surface area contributed by atoms with Crippen molar-refractivity contribution in [3.05, 3.63) is 34.8 Å². The van der Waals surface area contributed by atoms with E-state index in [1.54, 1.807) is 12.1 Å². The molecular weight excluding hydrogens is 396 g/mol. The van der Waals surface area contributed by atoms with Crippen LogP contribution in [0.4, 0.5) is 5.13 Å². The van der Waals surface area contributed by atoms with E-state index in [4.69, 9.17) is 0 Å². The molecule has 0 saturated carbocycles. The lowest BCUT2D eigenvalue weighted by molar-refractivity contribution is 0.102. The molecule has 1 aromatic heterocycles. The molecule has 7 nitrogen and oxygen atoms in total. The van der Waals surface area contributed by atoms with E-state index in [-0.39, 0.29) is 10.8 Å². The molecule has 1 saturated heterocycles. The number of nitrogens with zero attached hydrogens (tertiary/aromatic N) is 3. The summed E-state index contributed by atoms with van der Waals surface area (Å²) < 4.78 is 27.1. The van der Waals surface area contributed by atoms with Gasteiger partial charge >= 0.3 is 0 Å². The van der Waals surface area contributed by atoms with Gasteiger partial charge in [0.15, 0.2) is 0 Å². The zero-order valence-corrected chi connectivity index (χ0v) is 17.7. The first-order chi connectivity index (χ1) is 13.5. The van der Waals surface area contributed by atoms with Crippen molar-refractivity contribution in [1.82, 2.24) is 14.5 Å². The molecule has 0 atom stereocenters. The number of sulfonamides is 1. The molecule has 0 spiro atoms. The molecule has 2 heterocycles. The third kappa shape index (κ3) is 5.15. The van der Waals surface area contributed by atoms with Crippen LogP contribution in [0.15, 0.2) is 29.2 Å². The smallest absolute Gasteiger partial charge is 0.257 e. The molecule has 0 unspecified atom stereocenters. The number of piperidine rings is 1. The van der Waals surface area contributed by atoms with Gasteiger partial charge in [0, 0.05) is 25.1 Å². The van der Waals surface area contributed by atoms with Crippen LogP contribution in [-0.2, 0) is 16.4 Å². The highest BCUT2D eigenvalue weighted by atomic mass is 32.2. The number of anilines is 1. The summed E-state index contributed by atoms with van der Waals surface area (Å²) in [5, 5.41) is 12.2. The van der Waals surface area contributed by atoms with Crippen molar-refractivity contribution in [3.8, 4) is 0 Å². The number of aryl methyl sites for hydroxylation is 1. The van der Waals surface area contributed by atoms with Crippen molar-refractivity contribution in [2.24, 2.45) is 0 Å². The maximum atomic E-state index is 12.8. The number of hydrogen-bond donors (Lipinski definition) is 1. The monoisotopic (exact) mass is 422 g/mol. The molecule has 1 aliphatic heterocycles. The highest BCUT2D eigenvalue weighted by molar-refractivity contribution is 7.89. The number of rotatable bonds is 8. The Kier molecular flexibility index (Phi) is 7.14. The molecular formula is C19H26N4O3S2. The van der Waals surface area contributed by atoms with Gasteiger partial charge in [-0.3, -0.25) is 10.1 Å². The molecule has 152 valence electrons. The first-order valence-corrected chi connectivity index (χ1v) is 12.0. The van der Waals surface area contributed by atoms with Gasteiger partial charge < -0.3 is 0 Å². The lowest BCUT2D eigenvalue weighted by atomic mass is 10.2. The van der Waals surface area contributed by atoms with Gasteiger partial charge in [-0.25, -0.2) is 8.42 Å². The lowest BCUT2D eigenvalue weighted by Crippen LogP contribution is -2.35. The van der Waals surface area contributed by atoms with E-state index in [0.29, 0.717) is 23.8 Å². The Balaban J connectivity index is 1.68. The zero-order chi connectivity index (χ0) is 20.0. The largest absolute Gasteiger partial charge is 0.296 e. The predicted molar refractivity (Wildman–Crippen MR) is 110 cm³/mol. The van der Waals surface area contributed by atoms with E-state index in [9.17, 15) is 13.2 Å². The molecule has 1 aliphatic rings. The first kappa shape index (κ1) is 20.9. The topological polar surface area (TPSA) is 92.3 Å². The molecule has 1 N–H and O–H groups in total. The maximum Gasteiger partial charge on any atom is 0.257 e. The summed E-state index contributed by atoms with van der Waals surface area (Å²) >= 11 is 1.36. The number of unbranched alkanes of at least 4 members (excludes halogenated alkanes) is 2. The number of carbonyl (C=O) groups is 1. The molecule has 0 radical (unpaired) electrons. The zero-order valence-electron chi connectivity index (χ0n) is 16.1. The normalized spacial score (nSPS) is 15.5. The second-order valence-corrected chi connectivity index (χ2v) is 9.90. The van der Waals surface area contributed by atoms with Gasteiger partial charge in [0.1, 0.15) is 5.01 Å². The van der Waals surface area contributed by atoms with Crippen molar-refractivity contribution in [2.75, 3.05) is 18.4 Å². The second-order valence-electron chi connectivity index (χ2n) is 6.90. The number of hydrogen-bond acceptors (Lipinski definition) is 6. The molecule has 0 aliphatic carbocycles. The van der Waals surface area contributed by atoms with E-state index in [1.807, 2.05) is 0 Å². The molecule has 3 rings (SSSR count). The van der Waals surface area contributed by atoms with E-state index < -0.39 is 10.0 Å². The van der Waals surface area contributed by atoms with Crippen LogP contribution in [-0.4, -0.2) is 41.9 Å². The Labute approximate surface area is 170 Å². The SMILES string of the molecule is CCCCCc1nnc(NC(=O)c2cccc(S(=O)(=O)N3CCCCC3)c2)s1. The summed E-state index contributed by atoms with van der Waals surface area (Å²) in [7, 11) is -3.57. The van der Waals surface area contributed by atoms with E-state index in [0.717, 1.165) is 50.0 Å². The van der Waals surface area contributed by atoms with Crippen LogP contribution >= 0.6 is 11.3 Å². The molecule has 1 aromatic carbocycles. The van der Waals surface area contributed by atoms with Gasteiger partial charge in [-0.15, -0.1) is 10.2 Å². The Morgan fingerprint density at radius 2 is 1.96 bits per heavy atom. The van der Waals surface area contributed by atoms with Gasteiger partial charge in [0.05, 0.1) is 4.90 Å². The molecule has 0 bridgehead atoms. The van der Waals surface area contributed by atoms with E-state index >= 15 is 0 Å². The van der Waals surface area contributed by atoms with Crippen molar-refractivity contribution in [3.63, 3.8) is 0 Å². The van der Waals surface area contributed by atoms with Gasteiger partial charge in [-0.1, -0.05) is 43.6 Å². The molecule has 1 amide bonds. The van der Waals surface area contributed by atoms with Crippen LogP contribution in [0.2, 0.25) is 0 Å². The molecule has 28 heavy (non-hydrogen) atoms. The summed E-state index contributed by atoms with van der Waals surface area (Å²) in [4.78, 5) is 12.7. The van der Waals surface area contributed by atoms with Crippen LogP contribution in [0.5, 0.6) is 0 Å². The average Bonchev–Trinajstić information content (AvgIpc) is 3.16. The Hall–Kier alpha value is -1.84. The van der Waals surface area contributed by atoms with Crippen LogP contribution in [0.3, 0.4) is 0 Å². The number of benzene rings is 1. The molecule has 2 aromatic rings. The predicted octanol–water partition coefficient (Wildman–Crippen LogP) is 3.70. The minimum absolute atomic E-state index is 0.152. The number of amides is 1. The van der Waals surface area contributed by atoms with Crippen LogP contribution in [0.1, 0.15) is 60.8 Å². The fourth-order valence-electron chi connectivity index (χ4n) is 3.15. The quantitative estimate of drug-likeness (QED) is 0.655. The van der Waals surface area contributed by atoms with Crippen LogP contribution in [0, 0.1) is 0 Å². The van der Waals surface area contributed by atoms with Gasteiger partial charge in [-0.2, -0.15) is 4.31 Å². The minimum Gasteiger partial charge on any atom is -0.296 e. The van der Waals surface area contributed by atoms with Crippen molar-refractivity contribution in [2.45, 2.75) is 56.8 Å². The fraction of sp³-hybridized carbons (Fsp3) is 0.526. The van der Waals surface area contributed by atoms with Crippen molar-refractivity contribution >= 4 is 32.4 Å². The number of nitrogens with one attached hydrogen (secondary N) is 1. The van der Waals surface area contributed by atoms with E-state index in [1.165, 1.54) is 27.8 Å². The summed E-state index contributed by atoms with van der Waals surface area (Å²) in [6.45, 7) is 3.21. The standard InChI is InChI=1S/C19H26N4O3S2/c1-2-3-5-11-17-21-22-19(27-17)20-18(24)15-9-8-10-16(14-15)28(25,26)23-12-6-4-7-13-23/h8-10,14H,2-7,11-13H2,1H3,(H,20,22,24). The Morgan fingerprint density at radius 1 is 1.18 bits per heavy atom. The van der Waals surface area contributed by atoms with Crippen molar-refractivity contribution < 1.29 is 13.2 Å². The van der Waals surface area contributed by atoms with Gasteiger partial charge in [0.2, 0.25) is 15.2 Å². The fourth-order valence-corrected chi connectivity index (χ4v) is 5.49. The highest BCUT2D eigenvalue weighted by Crippen LogP contribution is 2.22. The Morgan fingerprint density at radius 3 is 2.71 bits per heavy atom.